The average molecular weight is 589 g/mol. The van der Waals surface area contributed by atoms with Gasteiger partial charge in [0, 0.05) is 16.9 Å². The van der Waals surface area contributed by atoms with Crippen molar-refractivity contribution in [1.29, 1.82) is 0 Å². The fraction of sp³-hybridized carbons (Fsp3) is 0.160. The molecular weight excluding hydrogens is 569 g/mol. The minimum atomic E-state index is -0.892. The molecule has 2 atom stereocenters. The summed E-state index contributed by atoms with van der Waals surface area (Å²) < 4.78 is 0. The number of nitrogens with zero attached hydrogens (tertiary/aromatic N) is 3. The molecular formula is C25H20Cl6N4. The maximum Gasteiger partial charge on any atom is 0.163 e. The molecule has 10 heteroatoms. The number of halogens is 6. The van der Waals surface area contributed by atoms with Crippen molar-refractivity contribution in [2.45, 2.75) is 20.4 Å². The summed E-state index contributed by atoms with van der Waals surface area (Å²) in [5.74, 6) is 0.806. The van der Waals surface area contributed by atoms with Crippen LogP contribution >= 0.6 is 69.6 Å². The first-order valence-electron chi connectivity index (χ1n) is 10.4. The van der Waals surface area contributed by atoms with Crippen molar-refractivity contribution in [3.05, 3.63) is 103 Å². The van der Waals surface area contributed by atoms with E-state index in [9.17, 15) is 0 Å². The van der Waals surface area contributed by atoms with Gasteiger partial charge in [-0.05, 0) is 24.3 Å². The summed E-state index contributed by atoms with van der Waals surface area (Å²) in [4.78, 5) is 11.0. The lowest BCUT2D eigenvalue weighted by molar-refractivity contribution is 0.790. The van der Waals surface area contributed by atoms with Gasteiger partial charge in [-0.1, -0.05) is 66.7 Å². The summed E-state index contributed by atoms with van der Waals surface area (Å²) >= 11 is 35.5. The Hall–Kier alpha value is -1.79. The molecule has 4 nitrogen and oxygen atoms in total. The number of aromatic nitrogens is 3. The molecule has 0 amide bonds. The van der Waals surface area contributed by atoms with Gasteiger partial charge >= 0.3 is 0 Å². The molecule has 0 fully saturated rings. The number of hydrogen-bond acceptors (Lipinski definition) is 4. The van der Waals surface area contributed by atoms with Crippen LogP contribution in [0.4, 0.5) is 11.4 Å². The van der Waals surface area contributed by atoms with Crippen LogP contribution < -0.4 is 5.32 Å². The lowest BCUT2D eigenvalue weighted by Gasteiger charge is -2.14. The molecule has 0 bridgehead atoms. The van der Waals surface area contributed by atoms with Crippen LogP contribution in [0, 0.1) is 0 Å². The van der Waals surface area contributed by atoms with Gasteiger partial charge in [0.25, 0.3) is 0 Å². The summed E-state index contributed by atoms with van der Waals surface area (Å²) in [6, 6.07) is 29.6. The Kier molecular flexibility index (Phi) is 11.2. The van der Waals surface area contributed by atoms with Crippen LogP contribution in [0.1, 0.15) is 22.4 Å². The molecule has 1 aromatic heterocycles. The van der Waals surface area contributed by atoms with Crippen LogP contribution in [0.25, 0.3) is 11.4 Å². The Labute approximate surface area is 234 Å². The fourth-order valence-electron chi connectivity index (χ4n) is 2.81. The van der Waals surface area contributed by atoms with Crippen molar-refractivity contribution in [2.24, 2.45) is 0 Å². The molecule has 0 spiro atoms. The van der Waals surface area contributed by atoms with Crippen molar-refractivity contribution in [3.8, 4) is 11.4 Å². The first-order chi connectivity index (χ1) is 16.8. The van der Waals surface area contributed by atoms with Gasteiger partial charge in [0.1, 0.15) is 20.4 Å². The maximum atomic E-state index is 6.13. The predicted octanol–water partition coefficient (Wildman–Crippen LogP) is 9.14. The molecule has 4 rings (SSSR count). The third-order valence-corrected chi connectivity index (χ3v) is 6.89. The van der Waals surface area contributed by atoms with Crippen LogP contribution in [0.5, 0.6) is 0 Å². The number of benzene rings is 3. The van der Waals surface area contributed by atoms with Crippen LogP contribution in [0.15, 0.2) is 91.0 Å². The highest BCUT2D eigenvalue weighted by Gasteiger charge is 2.26. The third kappa shape index (κ3) is 8.68. The lowest BCUT2D eigenvalue weighted by atomic mass is 10.2. The van der Waals surface area contributed by atoms with Gasteiger partial charge in [-0.15, -0.1) is 69.6 Å². The number of rotatable bonds is 7. The van der Waals surface area contributed by atoms with E-state index in [2.05, 4.69) is 20.3 Å². The molecule has 3 aromatic carbocycles. The fourth-order valence-corrected chi connectivity index (χ4v) is 3.45. The number of anilines is 2. The normalized spacial score (nSPS) is 12.6. The zero-order valence-electron chi connectivity index (χ0n) is 18.1. The lowest BCUT2D eigenvalue weighted by Crippen LogP contribution is -2.14. The van der Waals surface area contributed by atoms with Crippen molar-refractivity contribution >= 4 is 81.0 Å². The molecule has 0 aliphatic heterocycles. The van der Waals surface area contributed by atoms with Crippen LogP contribution in [0.2, 0.25) is 0 Å². The summed E-state index contributed by atoms with van der Waals surface area (Å²) in [6.45, 7) is 0. The Morgan fingerprint density at radius 3 is 1.23 bits per heavy atom. The summed E-state index contributed by atoms with van der Waals surface area (Å²) in [5, 5.41) is 1.67. The van der Waals surface area contributed by atoms with E-state index >= 15 is 0 Å². The third-order valence-electron chi connectivity index (χ3n) is 4.47. The van der Waals surface area contributed by atoms with Crippen molar-refractivity contribution < 1.29 is 0 Å². The SMILES string of the molecule is ClC(Cl)C(Cl)c1nc(-c2ccccc2)nc(C(Cl)C(Cl)Cl)n1.c1ccc(Nc2ccccc2)cc1. The predicted molar refractivity (Wildman–Crippen MR) is 150 cm³/mol. The highest BCUT2D eigenvalue weighted by Crippen LogP contribution is 2.33. The Morgan fingerprint density at radius 2 is 0.857 bits per heavy atom. The molecule has 0 radical (unpaired) electrons. The minimum absolute atomic E-state index is 0.208. The second-order valence-corrected chi connectivity index (χ2v) is 10.3. The summed E-state index contributed by atoms with van der Waals surface area (Å²) in [5.41, 5.74) is 3.00. The van der Waals surface area contributed by atoms with Gasteiger partial charge in [-0.2, -0.15) is 0 Å². The molecule has 0 aliphatic carbocycles. The van der Waals surface area contributed by atoms with Gasteiger partial charge in [0.05, 0.1) is 0 Å². The molecule has 2 unspecified atom stereocenters. The van der Waals surface area contributed by atoms with E-state index in [0.717, 1.165) is 16.9 Å². The van der Waals surface area contributed by atoms with E-state index in [1.165, 1.54) is 0 Å². The quantitative estimate of drug-likeness (QED) is 0.219. The maximum absolute atomic E-state index is 6.13. The standard InChI is InChI=1S/C13H9Cl6N3.C12H11N/c14-7(9(16)17)12-20-11(6-4-2-1-3-5-6)21-13(22-12)8(15)10(18)19;1-3-7-11(8-4-1)13-12-9-5-2-6-10-12/h1-5,7-10H;1-10,13H. The smallest absolute Gasteiger partial charge is 0.163 e. The second-order valence-electron chi connectivity index (χ2n) is 7.07. The van der Waals surface area contributed by atoms with Crippen molar-refractivity contribution in [3.63, 3.8) is 0 Å². The Bertz CT molecular complexity index is 1090. The van der Waals surface area contributed by atoms with E-state index < -0.39 is 20.4 Å². The molecule has 1 heterocycles. The van der Waals surface area contributed by atoms with Crippen molar-refractivity contribution in [1.82, 2.24) is 15.0 Å². The van der Waals surface area contributed by atoms with Gasteiger partial charge in [0.15, 0.2) is 17.5 Å². The Morgan fingerprint density at radius 1 is 0.486 bits per heavy atom. The van der Waals surface area contributed by atoms with Crippen LogP contribution in [-0.2, 0) is 0 Å². The zero-order valence-corrected chi connectivity index (χ0v) is 22.6. The summed E-state index contributed by atoms with van der Waals surface area (Å²) in [6.07, 6.45) is 0. The number of nitrogens with one attached hydrogen (secondary N) is 1. The number of para-hydroxylation sites is 2. The van der Waals surface area contributed by atoms with Gasteiger partial charge in [0.2, 0.25) is 0 Å². The van der Waals surface area contributed by atoms with E-state index in [-0.39, 0.29) is 11.6 Å². The Balaban J connectivity index is 0.000000223. The van der Waals surface area contributed by atoms with E-state index in [1.54, 1.807) is 0 Å². The van der Waals surface area contributed by atoms with Gasteiger partial charge in [-0.3, -0.25) is 0 Å². The topological polar surface area (TPSA) is 50.7 Å². The van der Waals surface area contributed by atoms with Gasteiger partial charge < -0.3 is 5.32 Å². The molecule has 1 N–H and O–H groups in total. The first kappa shape index (κ1) is 27.8. The highest BCUT2D eigenvalue weighted by atomic mass is 35.5. The van der Waals surface area contributed by atoms with Crippen LogP contribution in [0.3, 0.4) is 0 Å². The van der Waals surface area contributed by atoms with Crippen molar-refractivity contribution in [2.75, 3.05) is 5.32 Å². The molecule has 182 valence electrons. The molecule has 0 saturated carbocycles. The number of hydrogen-bond donors (Lipinski definition) is 1. The number of alkyl halides is 6. The van der Waals surface area contributed by atoms with E-state index in [0.29, 0.717) is 5.82 Å². The average Bonchev–Trinajstić information content (AvgIpc) is 2.89. The minimum Gasteiger partial charge on any atom is -0.356 e. The van der Waals surface area contributed by atoms with E-state index in [1.807, 2.05) is 91.0 Å². The summed E-state index contributed by atoms with van der Waals surface area (Å²) in [7, 11) is 0. The first-order valence-corrected chi connectivity index (χ1v) is 13.0. The van der Waals surface area contributed by atoms with Gasteiger partial charge in [-0.25, -0.2) is 15.0 Å². The van der Waals surface area contributed by atoms with E-state index in [4.69, 9.17) is 69.6 Å². The van der Waals surface area contributed by atoms with Crippen LogP contribution in [-0.4, -0.2) is 24.6 Å². The highest BCUT2D eigenvalue weighted by molar-refractivity contribution is 6.48. The molecule has 35 heavy (non-hydrogen) atoms. The second kappa shape index (κ2) is 14.1. The monoisotopic (exact) mass is 586 g/mol. The largest absolute Gasteiger partial charge is 0.356 e. The molecule has 4 aromatic rings. The zero-order chi connectivity index (χ0) is 25.2. The molecule has 0 saturated heterocycles. The molecule has 0 aliphatic rings.